The van der Waals surface area contributed by atoms with E-state index in [4.69, 9.17) is 33.8 Å². The standard InChI is InChI=1S/C14H16O2.C10H12O2.C4H6O.2CO2/c1-13(7-8-13)10-3-4-11-12(9-10)16-14(15-11)5-2-6-14;1-10(4-5-10)7-2-3-8(11)9(12)6-7;5-4-2-1-3-4;2*2-1-3/h3-4,9H,2,5-8H2,1H3;2-3,6,11-12H,4-5H2,1H3;1-3H2;;. The maximum absolute atomic E-state index is 9.90. The lowest BCUT2D eigenvalue weighted by Gasteiger charge is -2.35. The van der Waals surface area contributed by atoms with E-state index in [-0.39, 0.29) is 35.0 Å². The van der Waals surface area contributed by atoms with Gasteiger partial charge in [0.25, 0.3) is 5.79 Å². The van der Waals surface area contributed by atoms with Crippen LogP contribution in [0.4, 0.5) is 0 Å². The molecule has 2 aromatic rings. The Bertz CT molecular complexity index is 1220. The third-order valence-corrected chi connectivity index (χ3v) is 7.93. The average molecular weight is 539 g/mol. The van der Waals surface area contributed by atoms with Crippen LogP contribution in [0.3, 0.4) is 0 Å². The van der Waals surface area contributed by atoms with Crippen molar-refractivity contribution in [2.75, 3.05) is 0 Å². The molecule has 4 fully saturated rings. The van der Waals surface area contributed by atoms with E-state index >= 15 is 0 Å². The van der Waals surface area contributed by atoms with Gasteiger partial charge < -0.3 is 19.7 Å². The van der Waals surface area contributed by atoms with Gasteiger partial charge in [-0.3, -0.25) is 4.79 Å². The Morgan fingerprint density at radius 1 is 0.667 bits per heavy atom. The summed E-state index contributed by atoms with van der Waals surface area (Å²) in [4.78, 5) is 42.4. The van der Waals surface area contributed by atoms with Gasteiger partial charge in [0.15, 0.2) is 23.0 Å². The van der Waals surface area contributed by atoms with Gasteiger partial charge in [-0.15, -0.1) is 0 Å². The zero-order valence-corrected chi connectivity index (χ0v) is 22.3. The number of benzene rings is 2. The number of phenols is 2. The van der Waals surface area contributed by atoms with Crippen molar-refractivity contribution in [2.24, 2.45) is 0 Å². The van der Waals surface area contributed by atoms with E-state index in [1.165, 1.54) is 37.7 Å². The van der Waals surface area contributed by atoms with E-state index in [1.54, 1.807) is 12.1 Å². The number of aromatic hydroxyl groups is 2. The van der Waals surface area contributed by atoms with Crippen LogP contribution in [-0.2, 0) is 34.8 Å². The van der Waals surface area contributed by atoms with E-state index < -0.39 is 0 Å². The number of carbonyl (C=O) groups excluding carboxylic acids is 5. The Morgan fingerprint density at radius 3 is 1.51 bits per heavy atom. The van der Waals surface area contributed by atoms with Crippen LogP contribution in [0.15, 0.2) is 36.4 Å². The van der Waals surface area contributed by atoms with E-state index in [2.05, 4.69) is 32.0 Å². The summed E-state index contributed by atoms with van der Waals surface area (Å²) < 4.78 is 11.9. The predicted octanol–water partition coefficient (Wildman–Crippen LogP) is 5.11. The Balaban J connectivity index is 0.000000160. The van der Waals surface area contributed by atoms with Gasteiger partial charge >= 0.3 is 12.3 Å². The topological polar surface area (TPSA) is 144 Å². The van der Waals surface area contributed by atoms with E-state index in [1.807, 2.05) is 6.07 Å². The summed E-state index contributed by atoms with van der Waals surface area (Å²) in [5.41, 5.74) is 3.20. The minimum Gasteiger partial charge on any atom is -0.504 e. The molecule has 0 radical (unpaired) electrons. The van der Waals surface area contributed by atoms with E-state index in [0.717, 1.165) is 49.2 Å². The molecule has 0 atom stereocenters. The van der Waals surface area contributed by atoms with E-state index in [0.29, 0.717) is 11.2 Å². The molecule has 5 aliphatic rings. The van der Waals surface area contributed by atoms with Gasteiger partial charge in [-0.1, -0.05) is 26.0 Å². The molecule has 2 aromatic carbocycles. The molecule has 1 aliphatic heterocycles. The first-order valence-electron chi connectivity index (χ1n) is 13.1. The number of phenolic OH excluding ortho intramolecular Hbond substituents is 2. The van der Waals surface area contributed by atoms with Gasteiger partial charge in [-0.05, 0) is 84.7 Å². The number of Topliss-reactive ketones (excluding diaryl/α,β-unsaturated/α-hetero) is 1. The van der Waals surface area contributed by atoms with Crippen LogP contribution in [0, 0.1) is 0 Å². The lowest BCUT2D eigenvalue weighted by Crippen LogP contribution is -2.45. The van der Waals surface area contributed by atoms with Crippen molar-refractivity contribution >= 4 is 18.1 Å². The Labute approximate surface area is 227 Å². The largest absolute Gasteiger partial charge is 0.504 e. The highest BCUT2D eigenvalue weighted by Crippen LogP contribution is 2.53. The number of ether oxygens (including phenoxy) is 2. The first kappa shape index (κ1) is 29.6. The summed E-state index contributed by atoms with van der Waals surface area (Å²) in [6, 6.07) is 11.6. The highest BCUT2D eigenvalue weighted by atomic mass is 16.7. The van der Waals surface area contributed by atoms with Crippen LogP contribution < -0.4 is 9.47 Å². The van der Waals surface area contributed by atoms with Gasteiger partial charge in [0.05, 0.1) is 0 Å². The first-order valence-corrected chi connectivity index (χ1v) is 13.1. The Morgan fingerprint density at radius 2 is 1.13 bits per heavy atom. The third-order valence-electron chi connectivity index (χ3n) is 7.93. The summed E-state index contributed by atoms with van der Waals surface area (Å²) in [6.07, 6.45) is 11.6. The molecule has 9 heteroatoms. The van der Waals surface area contributed by atoms with Crippen molar-refractivity contribution in [3.8, 4) is 23.0 Å². The second-order valence-electron chi connectivity index (χ2n) is 11.0. The molecule has 0 bridgehead atoms. The van der Waals surface area contributed by atoms with Crippen LogP contribution >= 0.6 is 0 Å². The van der Waals surface area contributed by atoms with Gasteiger partial charge in [0, 0.05) is 25.7 Å². The molecule has 0 aromatic heterocycles. The summed E-state index contributed by atoms with van der Waals surface area (Å²) in [5, 5.41) is 18.3. The summed E-state index contributed by atoms with van der Waals surface area (Å²) >= 11 is 0. The second kappa shape index (κ2) is 12.3. The molecular formula is C30H34O9. The highest BCUT2D eigenvalue weighted by molar-refractivity contribution is 5.83. The van der Waals surface area contributed by atoms with Gasteiger partial charge in [-0.2, -0.15) is 19.2 Å². The zero-order chi connectivity index (χ0) is 28.7. The van der Waals surface area contributed by atoms with Crippen molar-refractivity contribution in [2.45, 2.75) is 94.7 Å². The number of hydrogen-bond acceptors (Lipinski definition) is 9. The minimum absolute atomic E-state index is 0.0133. The molecular weight excluding hydrogens is 504 g/mol. The van der Waals surface area contributed by atoms with Crippen molar-refractivity contribution in [1.82, 2.24) is 0 Å². The third kappa shape index (κ3) is 7.56. The fraction of sp³-hybridized carbons (Fsp3) is 0.500. The molecule has 0 saturated heterocycles. The SMILES string of the molecule is CC1(c2ccc(O)c(O)c2)CC1.CC1(c2ccc3c(c2)OC2(CCC2)O3)CC1.O=C1CCC1.O=C=O.O=C=O. The molecule has 0 amide bonds. The zero-order valence-electron chi connectivity index (χ0n) is 22.3. The van der Waals surface area contributed by atoms with Crippen molar-refractivity contribution < 1.29 is 43.7 Å². The van der Waals surface area contributed by atoms with Crippen molar-refractivity contribution in [1.29, 1.82) is 0 Å². The van der Waals surface area contributed by atoms with Crippen LogP contribution in [0.5, 0.6) is 23.0 Å². The lowest BCUT2D eigenvalue weighted by molar-refractivity contribution is -0.193. The molecule has 4 saturated carbocycles. The number of rotatable bonds is 2. The van der Waals surface area contributed by atoms with Gasteiger partial charge in [-0.25, -0.2) is 0 Å². The number of carbonyl (C=O) groups is 1. The highest BCUT2D eigenvalue weighted by Gasteiger charge is 2.48. The maximum Gasteiger partial charge on any atom is 0.373 e. The molecule has 208 valence electrons. The summed E-state index contributed by atoms with van der Waals surface area (Å²) in [6.45, 7) is 4.49. The first-order chi connectivity index (χ1) is 18.5. The number of ketones is 1. The van der Waals surface area contributed by atoms with Gasteiger partial charge in [0.1, 0.15) is 5.78 Å². The van der Waals surface area contributed by atoms with Crippen LogP contribution in [0.2, 0.25) is 0 Å². The van der Waals surface area contributed by atoms with Crippen molar-refractivity contribution in [3.05, 3.63) is 47.5 Å². The molecule has 9 nitrogen and oxygen atoms in total. The van der Waals surface area contributed by atoms with E-state index in [9.17, 15) is 9.90 Å². The minimum atomic E-state index is -0.286. The number of fused-ring (bicyclic) bond motifs is 1. The fourth-order valence-corrected chi connectivity index (χ4v) is 4.31. The molecule has 7 rings (SSSR count). The molecule has 1 spiro atoms. The maximum atomic E-state index is 9.90. The summed E-state index contributed by atoms with van der Waals surface area (Å²) in [5.74, 6) is 2.00. The van der Waals surface area contributed by atoms with Crippen molar-refractivity contribution in [3.63, 3.8) is 0 Å². The monoisotopic (exact) mass is 538 g/mol. The normalized spacial score (nSPS) is 20.0. The molecule has 39 heavy (non-hydrogen) atoms. The Kier molecular flexibility index (Phi) is 9.33. The summed E-state index contributed by atoms with van der Waals surface area (Å²) in [7, 11) is 0. The van der Waals surface area contributed by atoms with Crippen LogP contribution in [-0.4, -0.2) is 34.1 Å². The molecule has 1 heterocycles. The number of hydrogen-bond donors (Lipinski definition) is 2. The smallest absolute Gasteiger partial charge is 0.373 e. The molecule has 0 unspecified atom stereocenters. The quantitative estimate of drug-likeness (QED) is 0.498. The Hall–Kier alpha value is -3.93. The fourth-order valence-electron chi connectivity index (χ4n) is 4.31. The van der Waals surface area contributed by atoms with Crippen LogP contribution in [0.1, 0.15) is 89.2 Å². The molecule has 4 aliphatic carbocycles. The lowest BCUT2D eigenvalue weighted by atomic mass is 9.91. The van der Waals surface area contributed by atoms with Crippen LogP contribution in [0.25, 0.3) is 0 Å². The second-order valence-corrected chi connectivity index (χ2v) is 11.0. The molecule has 2 N–H and O–H groups in total. The predicted molar refractivity (Wildman–Crippen MR) is 136 cm³/mol. The average Bonchev–Trinajstić information content (AvgIpc) is 3.77. The van der Waals surface area contributed by atoms with Gasteiger partial charge in [0.2, 0.25) is 0 Å².